The van der Waals surface area contributed by atoms with Gasteiger partial charge in [0.1, 0.15) is 11.5 Å². The molecule has 0 aromatic heterocycles. The van der Waals surface area contributed by atoms with E-state index in [9.17, 15) is 9.59 Å². The van der Waals surface area contributed by atoms with Gasteiger partial charge in [-0.25, -0.2) is 0 Å². The van der Waals surface area contributed by atoms with E-state index in [-0.39, 0.29) is 36.7 Å². The van der Waals surface area contributed by atoms with Crippen molar-refractivity contribution in [1.82, 2.24) is 10.6 Å². The topological polar surface area (TPSA) is 93.5 Å². The molecule has 28 heavy (non-hydrogen) atoms. The fraction of sp³-hybridized carbons (Fsp3) is 0.333. The average molecular weight is 406 g/mol. The maximum absolute atomic E-state index is 12.0. The van der Waals surface area contributed by atoms with E-state index in [0.29, 0.717) is 12.3 Å². The number of aryl methyl sites for hydroxylation is 1. The summed E-state index contributed by atoms with van der Waals surface area (Å²) in [5.41, 5.74) is 7.63. The molecule has 2 amide bonds. The van der Waals surface area contributed by atoms with Crippen molar-refractivity contribution in [3.8, 4) is 11.5 Å². The second kappa shape index (κ2) is 11.3. The molecule has 0 aliphatic heterocycles. The Hall–Kier alpha value is -2.57. The minimum absolute atomic E-state index is 0. The summed E-state index contributed by atoms with van der Waals surface area (Å²) in [6, 6.07) is 14.6. The van der Waals surface area contributed by atoms with Crippen molar-refractivity contribution in [2.75, 3.05) is 6.54 Å². The number of benzene rings is 2. The van der Waals surface area contributed by atoms with Gasteiger partial charge in [0.05, 0.1) is 12.6 Å². The van der Waals surface area contributed by atoms with Crippen molar-refractivity contribution >= 4 is 24.2 Å². The van der Waals surface area contributed by atoms with Gasteiger partial charge in [-0.15, -0.1) is 12.4 Å². The summed E-state index contributed by atoms with van der Waals surface area (Å²) in [7, 11) is 0. The van der Waals surface area contributed by atoms with Gasteiger partial charge in [-0.2, -0.15) is 0 Å². The Morgan fingerprint density at radius 2 is 1.61 bits per heavy atom. The highest BCUT2D eigenvalue weighted by molar-refractivity contribution is 5.87. The van der Waals surface area contributed by atoms with Gasteiger partial charge in [-0.05, 0) is 30.5 Å². The second-order valence-corrected chi connectivity index (χ2v) is 6.74. The van der Waals surface area contributed by atoms with E-state index in [1.165, 1.54) is 0 Å². The molecule has 1 atom stereocenters. The van der Waals surface area contributed by atoms with Gasteiger partial charge in [0.25, 0.3) is 0 Å². The molecule has 0 saturated carbocycles. The molecule has 0 unspecified atom stereocenters. The lowest BCUT2D eigenvalue weighted by atomic mass is 10.1. The zero-order valence-electron chi connectivity index (χ0n) is 16.4. The Morgan fingerprint density at radius 1 is 1.00 bits per heavy atom. The summed E-state index contributed by atoms with van der Waals surface area (Å²) in [6.45, 7) is 5.88. The molecule has 2 rings (SSSR count). The Labute approximate surface area is 172 Å². The number of hydrogen-bond acceptors (Lipinski definition) is 4. The van der Waals surface area contributed by atoms with Crippen LogP contribution in [-0.2, 0) is 16.1 Å². The number of nitrogens with two attached hydrogens (primary N) is 1. The van der Waals surface area contributed by atoms with Crippen LogP contribution in [0.2, 0.25) is 0 Å². The molecule has 0 spiro atoms. The quantitative estimate of drug-likeness (QED) is 0.629. The molecular weight excluding hydrogens is 378 g/mol. The van der Waals surface area contributed by atoms with Crippen molar-refractivity contribution in [2.45, 2.75) is 33.4 Å². The van der Waals surface area contributed by atoms with Crippen LogP contribution < -0.4 is 21.1 Å². The van der Waals surface area contributed by atoms with Crippen LogP contribution in [0.15, 0.2) is 48.5 Å². The van der Waals surface area contributed by atoms with Crippen LogP contribution in [0.1, 0.15) is 25.0 Å². The number of carbonyl (C=O) groups is 2. The first-order valence-electron chi connectivity index (χ1n) is 9.00. The summed E-state index contributed by atoms with van der Waals surface area (Å²) < 4.78 is 5.99. The first-order chi connectivity index (χ1) is 12.9. The van der Waals surface area contributed by atoms with E-state index >= 15 is 0 Å². The summed E-state index contributed by atoms with van der Waals surface area (Å²) in [6.07, 6.45) is 0. The number of halogens is 1. The predicted octanol–water partition coefficient (Wildman–Crippen LogP) is 2.92. The van der Waals surface area contributed by atoms with Crippen molar-refractivity contribution < 1.29 is 14.3 Å². The van der Waals surface area contributed by atoms with Crippen LogP contribution in [0.5, 0.6) is 11.5 Å². The smallest absolute Gasteiger partial charge is 0.239 e. The van der Waals surface area contributed by atoms with Gasteiger partial charge in [0.2, 0.25) is 11.8 Å². The third-order valence-electron chi connectivity index (χ3n) is 4.21. The van der Waals surface area contributed by atoms with Gasteiger partial charge in [-0.1, -0.05) is 50.2 Å². The average Bonchev–Trinajstić information content (AvgIpc) is 2.66. The molecule has 0 saturated heterocycles. The molecule has 152 valence electrons. The lowest BCUT2D eigenvalue weighted by Crippen LogP contribution is -2.47. The molecule has 2 aromatic carbocycles. The summed E-state index contributed by atoms with van der Waals surface area (Å²) in [5.74, 6) is 0.844. The summed E-state index contributed by atoms with van der Waals surface area (Å²) in [4.78, 5) is 23.8. The normalized spacial score (nSPS) is 11.3. The lowest BCUT2D eigenvalue weighted by Gasteiger charge is -2.16. The minimum Gasteiger partial charge on any atom is -0.457 e. The third-order valence-corrected chi connectivity index (χ3v) is 4.21. The van der Waals surface area contributed by atoms with E-state index in [1.807, 2.05) is 69.3 Å². The van der Waals surface area contributed by atoms with Gasteiger partial charge in [-0.3, -0.25) is 9.59 Å². The fourth-order valence-electron chi connectivity index (χ4n) is 2.38. The van der Waals surface area contributed by atoms with Crippen LogP contribution in [0.3, 0.4) is 0 Å². The second-order valence-electron chi connectivity index (χ2n) is 6.74. The van der Waals surface area contributed by atoms with E-state index < -0.39 is 6.04 Å². The maximum Gasteiger partial charge on any atom is 0.239 e. The molecule has 6 nitrogen and oxygen atoms in total. The zero-order valence-corrected chi connectivity index (χ0v) is 17.2. The van der Waals surface area contributed by atoms with Gasteiger partial charge >= 0.3 is 0 Å². The lowest BCUT2D eigenvalue weighted by molar-refractivity contribution is -0.127. The fourth-order valence-corrected chi connectivity index (χ4v) is 2.38. The van der Waals surface area contributed by atoms with Crippen LogP contribution >= 0.6 is 12.4 Å². The van der Waals surface area contributed by atoms with Crippen molar-refractivity contribution in [3.63, 3.8) is 0 Å². The largest absolute Gasteiger partial charge is 0.457 e. The number of para-hydroxylation sites is 2. The highest BCUT2D eigenvalue weighted by Gasteiger charge is 2.17. The first kappa shape index (κ1) is 23.5. The Bertz CT molecular complexity index is 796. The maximum atomic E-state index is 12.0. The van der Waals surface area contributed by atoms with E-state index in [2.05, 4.69) is 10.6 Å². The van der Waals surface area contributed by atoms with Crippen molar-refractivity contribution in [3.05, 3.63) is 59.7 Å². The molecule has 4 N–H and O–H groups in total. The van der Waals surface area contributed by atoms with Crippen LogP contribution in [0.25, 0.3) is 0 Å². The van der Waals surface area contributed by atoms with Gasteiger partial charge < -0.3 is 21.1 Å². The molecule has 0 heterocycles. The SMILES string of the molecule is Cc1ccccc1Oc1ccccc1CNC(=O)CNC(=O)[C@@H](N)C(C)C.Cl. The molecule has 0 radical (unpaired) electrons. The van der Waals surface area contributed by atoms with Crippen LogP contribution in [-0.4, -0.2) is 24.4 Å². The number of hydrogen-bond donors (Lipinski definition) is 3. The molecule has 7 heteroatoms. The Morgan fingerprint density at radius 3 is 2.25 bits per heavy atom. The predicted molar refractivity (Wildman–Crippen MR) is 113 cm³/mol. The number of ether oxygens (including phenoxy) is 1. The molecular formula is C21H28ClN3O3. The minimum atomic E-state index is -0.624. The monoisotopic (exact) mass is 405 g/mol. The zero-order chi connectivity index (χ0) is 19.8. The Kier molecular flexibility index (Phi) is 9.48. The molecule has 0 aliphatic carbocycles. The molecule has 0 fully saturated rings. The van der Waals surface area contributed by atoms with E-state index in [4.69, 9.17) is 10.5 Å². The van der Waals surface area contributed by atoms with Crippen LogP contribution in [0, 0.1) is 12.8 Å². The van der Waals surface area contributed by atoms with Crippen LogP contribution in [0.4, 0.5) is 0 Å². The number of rotatable bonds is 8. The van der Waals surface area contributed by atoms with Gasteiger partial charge in [0.15, 0.2) is 0 Å². The number of nitrogens with one attached hydrogen (secondary N) is 2. The summed E-state index contributed by atoms with van der Waals surface area (Å²) in [5, 5.41) is 5.34. The highest BCUT2D eigenvalue weighted by atomic mass is 35.5. The highest BCUT2D eigenvalue weighted by Crippen LogP contribution is 2.27. The number of carbonyl (C=O) groups excluding carboxylic acids is 2. The molecule has 0 aliphatic rings. The van der Waals surface area contributed by atoms with E-state index in [0.717, 1.165) is 16.9 Å². The molecule has 2 aromatic rings. The number of amides is 2. The van der Waals surface area contributed by atoms with Crippen molar-refractivity contribution in [1.29, 1.82) is 0 Å². The summed E-state index contributed by atoms with van der Waals surface area (Å²) >= 11 is 0. The van der Waals surface area contributed by atoms with Crippen molar-refractivity contribution in [2.24, 2.45) is 11.7 Å². The molecule has 0 bridgehead atoms. The Balaban J connectivity index is 0.00000392. The third kappa shape index (κ3) is 6.87. The van der Waals surface area contributed by atoms with Gasteiger partial charge in [0, 0.05) is 12.1 Å². The first-order valence-corrected chi connectivity index (χ1v) is 9.00. The van der Waals surface area contributed by atoms with E-state index in [1.54, 1.807) is 0 Å². The standard InChI is InChI=1S/C21H27N3O3.ClH/c1-14(2)20(22)21(26)24-13-19(25)23-12-16-9-5-7-11-18(16)27-17-10-6-4-8-15(17)3;/h4-11,14,20H,12-13,22H2,1-3H3,(H,23,25)(H,24,26);1H/t20-;/m0./s1.